The lowest BCUT2D eigenvalue weighted by Gasteiger charge is -2.38. The molecular weight excluding hydrogens is 684 g/mol. The van der Waals surface area contributed by atoms with Gasteiger partial charge in [-0.3, -0.25) is 28.8 Å². The largest absolute Gasteiger partial charge is 0.347 e. The molecule has 12 nitrogen and oxygen atoms in total. The van der Waals surface area contributed by atoms with Crippen molar-refractivity contribution in [3.05, 3.63) is 0 Å². The van der Waals surface area contributed by atoms with Gasteiger partial charge in [0.25, 0.3) is 5.91 Å². The monoisotopic (exact) mass is 753 g/mol. The van der Waals surface area contributed by atoms with Crippen LogP contribution in [0.1, 0.15) is 138 Å². The lowest BCUT2D eigenvalue weighted by molar-refractivity contribution is -0.145. The maximum atomic E-state index is 15.2. The fraction of sp³-hybridized carbons (Fsp3) is 0.857. The summed E-state index contributed by atoms with van der Waals surface area (Å²) in [5.41, 5.74) is -0.899. The molecule has 6 fully saturated rings. The van der Waals surface area contributed by atoms with E-state index in [1.54, 1.807) is 4.90 Å². The van der Waals surface area contributed by atoms with Gasteiger partial charge in [-0.25, -0.2) is 0 Å². The van der Waals surface area contributed by atoms with Crippen molar-refractivity contribution in [1.82, 2.24) is 31.1 Å². The van der Waals surface area contributed by atoms with Gasteiger partial charge in [0.05, 0.1) is 12.0 Å². The van der Waals surface area contributed by atoms with Crippen LogP contribution >= 0.6 is 0 Å². The Kier molecular flexibility index (Phi) is 11.7. The summed E-state index contributed by atoms with van der Waals surface area (Å²) in [5, 5.41) is 12.0. The van der Waals surface area contributed by atoms with Gasteiger partial charge < -0.3 is 31.1 Å². The fourth-order valence-electron chi connectivity index (χ4n) is 11.1. The number of rotatable bonds is 13. The molecule has 6 aliphatic rings. The third-order valence-corrected chi connectivity index (χ3v) is 14.8. The van der Waals surface area contributed by atoms with Gasteiger partial charge in [-0.1, -0.05) is 73.6 Å². The number of Topliss-reactive ketones (excluding diaryl/α,β-unsaturated/α-hetero) is 1. The van der Waals surface area contributed by atoms with Crippen LogP contribution in [0, 0.1) is 33.5 Å². The van der Waals surface area contributed by atoms with Crippen molar-refractivity contribution < 1.29 is 28.8 Å². The summed E-state index contributed by atoms with van der Waals surface area (Å²) in [6.07, 6.45) is 12.6. The lowest BCUT2D eigenvalue weighted by Crippen LogP contribution is -2.62. The summed E-state index contributed by atoms with van der Waals surface area (Å²) in [6, 6.07) is -3.51. The van der Waals surface area contributed by atoms with Crippen molar-refractivity contribution in [2.24, 2.45) is 33.5 Å². The average Bonchev–Trinajstić information content (AvgIpc) is 3.93. The molecule has 12 heteroatoms. The number of hydrogen-bond donors (Lipinski definition) is 4. The van der Waals surface area contributed by atoms with Crippen LogP contribution in [0.5, 0.6) is 0 Å². The van der Waals surface area contributed by atoms with E-state index < -0.39 is 47.2 Å². The van der Waals surface area contributed by atoms with Gasteiger partial charge >= 0.3 is 0 Å². The highest BCUT2D eigenvalue weighted by Gasteiger charge is 2.85. The normalized spacial score (nSPS) is 29.4. The first-order valence-corrected chi connectivity index (χ1v) is 21.2. The summed E-state index contributed by atoms with van der Waals surface area (Å²) in [7, 11) is 2.01. The Morgan fingerprint density at radius 2 is 1.50 bits per heavy atom. The molecule has 0 aromatic rings. The predicted molar refractivity (Wildman–Crippen MR) is 206 cm³/mol. The molecule has 6 atom stereocenters. The average molecular weight is 753 g/mol. The number of carbonyl (C=O) groups is 6. The molecule has 302 valence electrons. The molecule has 0 unspecified atom stereocenters. The number of amides is 5. The van der Waals surface area contributed by atoms with Crippen LogP contribution in [0.2, 0.25) is 0 Å². The minimum Gasteiger partial charge on any atom is -0.347 e. The maximum absolute atomic E-state index is 15.2. The van der Waals surface area contributed by atoms with Crippen LogP contribution in [-0.2, 0) is 28.8 Å². The lowest BCUT2D eigenvalue weighted by atomic mass is 9.73. The summed E-state index contributed by atoms with van der Waals surface area (Å²) in [6.45, 7) is 14.2. The van der Waals surface area contributed by atoms with Crippen molar-refractivity contribution in [3.8, 4) is 0 Å². The molecular formula is C42H68N6O6. The Hall–Kier alpha value is -3.02. The molecule has 0 bridgehead atoms. The van der Waals surface area contributed by atoms with Gasteiger partial charge in [-0.05, 0) is 100.0 Å². The van der Waals surface area contributed by atoms with Crippen molar-refractivity contribution in [3.63, 3.8) is 0 Å². The second-order valence-corrected chi connectivity index (χ2v) is 19.6. The molecule has 2 heterocycles. The van der Waals surface area contributed by atoms with E-state index in [4.69, 9.17) is 0 Å². The Bertz CT molecular complexity index is 1480. The van der Waals surface area contributed by atoms with E-state index in [2.05, 4.69) is 40.0 Å². The zero-order chi connectivity index (χ0) is 39.2. The molecule has 4 aliphatic carbocycles. The van der Waals surface area contributed by atoms with E-state index in [9.17, 15) is 24.0 Å². The third kappa shape index (κ3) is 7.58. The van der Waals surface area contributed by atoms with E-state index in [0.29, 0.717) is 32.4 Å². The molecule has 6 rings (SSSR count). The second-order valence-electron chi connectivity index (χ2n) is 19.6. The number of hydrogen-bond acceptors (Lipinski definition) is 7. The first kappa shape index (κ1) is 40.6. The van der Waals surface area contributed by atoms with Crippen LogP contribution in [0.4, 0.5) is 0 Å². The third-order valence-electron chi connectivity index (χ3n) is 14.8. The van der Waals surface area contributed by atoms with Crippen molar-refractivity contribution in [2.45, 2.75) is 168 Å². The van der Waals surface area contributed by atoms with E-state index >= 15 is 4.79 Å². The first-order valence-electron chi connectivity index (χ1n) is 21.2. The molecule has 54 heavy (non-hydrogen) atoms. The summed E-state index contributed by atoms with van der Waals surface area (Å²) < 4.78 is 0. The smallest absolute Gasteiger partial charge is 0.289 e. The highest BCUT2D eigenvalue weighted by molar-refractivity contribution is 6.38. The van der Waals surface area contributed by atoms with Gasteiger partial charge in [-0.15, -0.1) is 0 Å². The minimum absolute atomic E-state index is 0.0186. The van der Waals surface area contributed by atoms with Crippen LogP contribution in [0.25, 0.3) is 0 Å². The zero-order valence-electron chi connectivity index (χ0n) is 34.1. The Labute approximate surface area is 322 Å². The highest BCUT2D eigenvalue weighted by atomic mass is 16.2. The number of likely N-dealkylation sites (tertiary alicyclic amines) is 2. The van der Waals surface area contributed by atoms with Crippen molar-refractivity contribution >= 4 is 35.3 Å². The van der Waals surface area contributed by atoms with Crippen molar-refractivity contribution in [1.29, 1.82) is 0 Å². The van der Waals surface area contributed by atoms with E-state index in [0.717, 1.165) is 83.6 Å². The minimum atomic E-state index is -0.978. The SMILES string of the molecule is CCC[C@H](NC(=O)[C@@H]1C[C@@]2(CN1C(=O)[C@@H](NC(=O)[C@@H](NC(=O)[C@H]1CCCN(C)C1)C(C)(C)C)C1CCCCC1)C(C)(C)C21CCC1)C(=O)C(=O)NC1CC1. The van der Waals surface area contributed by atoms with Crippen LogP contribution < -0.4 is 21.3 Å². The quantitative estimate of drug-likeness (QED) is 0.208. The van der Waals surface area contributed by atoms with E-state index in [-0.39, 0.29) is 51.8 Å². The summed E-state index contributed by atoms with van der Waals surface area (Å²) >= 11 is 0. The number of ketones is 1. The van der Waals surface area contributed by atoms with Crippen molar-refractivity contribution in [2.75, 3.05) is 26.7 Å². The molecule has 0 aromatic carbocycles. The Morgan fingerprint density at radius 1 is 0.815 bits per heavy atom. The zero-order valence-corrected chi connectivity index (χ0v) is 34.1. The van der Waals surface area contributed by atoms with Gasteiger partial charge in [0.15, 0.2) is 0 Å². The molecule has 2 aliphatic heterocycles. The van der Waals surface area contributed by atoms with Crippen LogP contribution in [0.15, 0.2) is 0 Å². The maximum Gasteiger partial charge on any atom is 0.289 e. The van der Waals surface area contributed by atoms with E-state index in [1.165, 1.54) is 0 Å². The van der Waals surface area contributed by atoms with Crippen LogP contribution in [0.3, 0.4) is 0 Å². The first-order chi connectivity index (χ1) is 25.5. The Morgan fingerprint density at radius 3 is 2.06 bits per heavy atom. The molecule has 0 aromatic heterocycles. The molecule has 0 radical (unpaired) electrons. The summed E-state index contributed by atoms with van der Waals surface area (Å²) in [4.78, 5) is 87.8. The molecule has 4 N–H and O–H groups in total. The number of piperidine rings is 1. The number of carbonyl (C=O) groups excluding carboxylic acids is 6. The molecule has 2 spiro atoms. The highest BCUT2D eigenvalue weighted by Crippen LogP contribution is 2.88. The van der Waals surface area contributed by atoms with Gasteiger partial charge in [0.1, 0.15) is 18.1 Å². The fourth-order valence-corrected chi connectivity index (χ4v) is 11.1. The standard InChI is InChI=1S/C42H68N6O6/c1-8-14-29(32(49)36(52)43-28-18-19-28)44-35(51)30-23-42(40(5,6)41(42)20-13-21-41)25-48(30)38(54)31(26-15-10-9-11-16-26)45-37(53)33(39(2,3)4)46-34(50)27-17-12-22-47(7)24-27/h26-31,33H,8-25H2,1-7H3,(H,43,52)(H,44,51)(H,45,53)(H,46,50)/t27-,29-,30-,31-,33+,42+/m0/s1. The Balaban J connectivity index is 1.27. The molecule has 4 saturated carbocycles. The number of fused-ring (bicyclic) bond motifs is 1. The molecule has 2 saturated heterocycles. The predicted octanol–water partition coefficient (Wildman–Crippen LogP) is 3.85. The number of nitrogens with zero attached hydrogens (tertiary/aromatic N) is 2. The van der Waals surface area contributed by atoms with E-state index in [1.807, 2.05) is 34.7 Å². The number of nitrogens with one attached hydrogen (secondary N) is 4. The summed E-state index contributed by atoms with van der Waals surface area (Å²) in [5.74, 6) is -2.82. The topological polar surface area (TPSA) is 157 Å². The molecule has 5 amide bonds. The second kappa shape index (κ2) is 15.5. The van der Waals surface area contributed by atoms with Gasteiger partial charge in [0, 0.05) is 24.5 Å². The van der Waals surface area contributed by atoms with Gasteiger partial charge in [0.2, 0.25) is 29.4 Å². The van der Waals surface area contributed by atoms with Gasteiger partial charge in [-0.2, -0.15) is 0 Å². The van der Waals surface area contributed by atoms with Crippen LogP contribution in [-0.4, -0.2) is 102 Å².